The van der Waals surface area contributed by atoms with Crippen LogP contribution in [0.4, 0.5) is 0 Å². The molecule has 1 fully saturated rings. The van der Waals surface area contributed by atoms with Crippen LogP contribution in [0.3, 0.4) is 0 Å². The molecule has 2 unspecified atom stereocenters. The summed E-state index contributed by atoms with van der Waals surface area (Å²) in [5.74, 6) is 0. The molecule has 0 amide bonds. The van der Waals surface area contributed by atoms with Crippen molar-refractivity contribution in [3.8, 4) is 0 Å². The summed E-state index contributed by atoms with van der Waals surface area (Å²) in [6.07, 6.45) is 3.96. The normalized spacial score (nSPS) is 35.4. The summed E-state index contributed by atoms with van der Waals surface area (Å²) >= 11 is 0. The van der Waals surface area contributed by atoms with Crippen LogP contribution in [0.2, 0.25) is 0 Å². The van der Waals surface area contributed by atoms with Crippen LogP contribution in [0, 0.1) is 0 Å². The molecule has 0 aromatic carbocycles. The third-order valence-corrected chi connectivity index (χ3v) is 2.03. The second kappa shape index (κ2) is 3.94. The maximum Gasteiger partial charge on any atom is 0.0597 e. The van der Waals surface area contributed by atoms with E-state index in [0.717, 1.165) is 32.3 Å². The highest BCUT2D eigenvalue weighted by Crippen LogP contribution is 2.15. The van der Waals surface area contributed by atoms with Crippen LogP contribution < -0.4 is 0 Å². The first-order chi connectivity index (χ1) is 4.83. The number of hydrogen-bond acceptors (Lipinski definition) is 2. The standard InChI is InChI=1S/C8H16O2/c1-2-8-6-7(9)4-3-5-10-8/h7-9H,2-6H2,1H3. The van der Waals surface area contributed by atoms with Gasteiger partial charge in [-0.05, 0) is 25.7 Å². The van der Waals surface area contributed by atoms with Crippen molar-refractivity contribution in [2.75, 3.05) is 6.61 Å². The lowest BCUT2D eigenvalue weighted by Crippen LogP contribution is -2.16. The molecule has 0 bridgehead atoms. The van der Waals surface area contributed by atoms with Crippen LogP contribution in [0.25, 0.3) is 0 Å². The van der Waals surface area contributed by atoms with Gasteiger partial charge < -0.3 is 9.84 Å². The summed E-state index contributed by atoms with van der Waals surface area (Å²) in [5.41, 5.74) is 0. The number of aliphatic hydroxyl groups excluding tert-OH is 1. The summed E-state index contributed by atoms with van der Waals surface area (Å²) in [6.45, 7) is 2.93. The van der Waals surface area contributed by atoms with Crippen molar-refractivity contribution >= 4 is 0 Å². The van der Waals surface area contributed by atoms with Crippen LogP contribution >= 0.6 is 0 Å². The average molecular weight is 144 g/mol. The summed E-state index contributed by atoms with van der Waals surface area (Å²) < 4.78 is 5.46. The Balaban J connectivity index is 2.30. The van der Waals surface area contributed by atoms with Gasteiger partial charge in [0.05, 0.1) is 12.2 Å². The van der Waals surface area contributed by atoms with E-state index in [2.05, 4.69) is 6.92 Å². The minimum atomic E-state index is -0.118. The zero-order valence-corrected chi connectivity index (χ0v) is 6.55. The van der Waals surface area contributed by atoms with Crippen molar-refractivity contribution in [1.82, 2.24) is 0 Å². The van der Waals surface area contributed by atoms with Crippen LogP contribution in [0.5, 0.6) is 0 Å². The highest BCUT2D eigenvalue weighted by Gasteiger charge is 2.16. The van der Waals surface area contributed by atoms with E-state index in [1.807, 2.05) is 0 Å². The molecule has 1 aliphatic heterocycles. The van der Waals surface area contributed by atoms with Gasteiger partial charge in [-0.1, -0.05) is 6.92 Å². The minimum absolute atomic E-state index is 0.118. The Morgan fingerprint density at radius 2 is 2.40 bits per heavy atom. The van der Waals surface area contributed by atoms with Crippen molar-refractivity contribution in [3.63, 3.8) is 0 Å². The first kappa shape index (κ1) is 8.02. The molecule has 1 aliphatic rings. The molecule has 0 radical (unpaired) electrons. The van der Waals surface area contributed by atoms with Crippen LogP contribution in [0.1, 0.15) is 32.6 Å². The Labute approximate surface area is 62.2 Å². The van der Waals surface area contributed by atoms with E-state index in [1.165, 1.54) is 0 Å². The minimum Gasteiger partial charge on any atom is -0.393 e. The summed E-state index contributed by atoms with van der Waals surface area (Å²) in [4.78, 5) is 0. The van der Waals surface area contributed by atoms with E-state index in [4.69, 9.17) is 4.74 Å². The van der Waals surface area contributed by atoms with Crippen LogP contribution in [-0.4, -0.2) is 23.9 Å². The molecule has 1 N–H and O–H groups in total. The van der Waals surface area contributed by atoms with Gasteiger partial charge in [-0.2, -0.15) is 0 Å². The van der Waals surface area contributed by atoms with E-state index in [0.29, 0.717) is 6.10 Å². The zero-order chi connectivity index (χ0) is 7.40. The predicted molar refractivity (Wildman–Crippen MR) is 39.9 cm³/mol. The zero-order valence-electron chi connectivity index (χ0n) is 6.55. The number of aliphatic hydroxyl groups is 1. The van der Waals surface area contributed by atoms with Crippen molar-refractivity contribution in [3.05, 3.63) is 0 Å². The van der Waals surface area contributed by atoms with E-state index >= 15 is 0 Å². The third kappa shape index (κ3) is 2.27. The Morgan fingerprint density at radius 3 is 3.10 bits per heavy atom. The lowest BCUT2D eigenvalue weighted by atomic mass is 10.1. The second-order valence-corrected chi connectivity index (χ2v) is 2.93. The van der Waals surface area contributed by atoms with Crippen LogP contribution in [0.15, 0.2) is 0 Å². The summed E-state index contributed by atoms with van der Waals surface area (Å²) in [6, 6.07) is 0. The van der Waals surface area contributed by atoms with Gasteiger partial charge in [0.1, 0.15) is 0 Å². The van der Waals surface area contributed by atoms with Crippen molar-refractivity contribution in [1.29, 1.82) is 0 Å². The first-order valence-corrected chi connectivity index (χ1v) is 4.12. The Morgan fingerprint density at radius 1 is 1.60 bits per heavy atom. The fraction of sp³-hybridized carbons (Fsp3) is 1.00. The van der Waals surface area contributed by atoms with E-state index < -0.39 is 0 Å². The van der Waals surface area contributed by atoms with Gasteiger partial charge in [0.15, 0.2) is 0 Å². The third-order valence-electron chi connectivity index (χ3n) is 2.03. The molecule has 2 heteroatoms. The predicted octanol–water partition coefficient (Wildman–Crippen LogP) is 1.33. The van der Waals surface area contributed by atoms with Crippen LogP contribution in [-0.2, 0) is 4.74 Å². The van der Waals surface area contributed by atoms with Gasteiger partial charge in [0.25, 0.3) is 0 Å². The molecule has 1 rings (SSSR count). The topological polar surface area (TPSA) is 29.5 Å². The molecule has 0 aromatic heterocycles. The van der Waals surface area contributed by atoms with E-state index in [9.17, 15) is 5.11 Å². The smallest absolute Gasteiger partial charge is 0.0597 e. The molecule has 0 aromatic rings. The fourth-order valence-electron chi connectivity index (χ4n) is 1.34. The van der Waals surface area contributed by atoms with Gasteiger partial charge in [-0.25, -0.2) is 0 Å². The Hall–Kier alpha value is -0.0800. The molecule has 10 heavy (non-hydrogen) atoms. The van der Waals surface area contributed by atoms with E-state index in [-0.39, 0.29) is 6.10 Å². The maximum absolute atomic E-state index is 9.31. The molecule has 1 saturated heterocycles. The lowest BCUT2D eigenvalue weighted by Gasteiger charge is -2.13. The van der Waals surface area contributed by atoms with Gasteiger partial charge in [0.2, 0.25) is 0 Å². The lowest BCUT2D eigenvalue weighted by molar-refractivity contribution is 0.0385. The molecule has 0 saturated carbocycles. The van der Waals surface area contributed by atoms with Crippen molar-refractivity contribution < 1.29 is 9.84 Å². The fourth-order valence-corrected chi connectivity index (χ4v) is 1.34. The van der Waals surface area contributed by atoms with Gasteiger partial charge in [-0.3, -0.25) is 0 Å². The van der Waals surface area contributed by atoms with Crippen molar-refractivity contribution in [2.45, 2.75) is 44.8 Å². The first-order valence-electron chi connectivity index (χ1n) is 4.12. The average Bonchev–Trinajstić information content (AvgIpc) is 2.13. The van der Waals surface area contributed by atoms with Crippen molar-refractivity contribution in [2.24, 2.45) is 0 Å². The summed E-state index contributed by atoms with van der Waals surface area (Å²) in [5, 5.41) is 9.31. The Bertz CT molecular complexity index is 93.3. The second-order valence-electron chi connectivity index (χ2n) is 2.93. The number of ether oxygens (including phenoxy) is 1. The molecule has 1 heterocycles. The number of hydrogen-bond donors (Lipinski definition) is 1. The molecular formula is C8H16O2. The van der Waals surface area contributed by atoms with Gasteiger partial charge >= 0.3 is 0 Å². The largest absolute Gasteiger partial charge is 0.393 e. The Kier molecular flexibility index (Phi) is 3.16. The molecule has 0 aliphatic carbocycles. The number of rotatable bonds is 1. The highest BCUT2D eigenvalue weighted by atomic mass is 16.5. The quantitative estimate of drug-likeness (QED) is 0.601. The molecule has 60 valence electrons. The molecular weight excluding hydrogens is 128 g/mol. The molecule has 2 atom stereocenters. The summed E-state index contributed by atoms with van der Waals surface area (Å²) in [7, 11) is 0. The monoisotopic (exact) mass is 144 g/mol. The maximum atomic E-state index is 9.31. The highest BCUT2D eigenvalue weighted by molar-refractivity contribution is 4.67. The SMILES string of the molecule is CCC1CC(O)CCCO1. The molecule has 0 spiro atoms. The van der Waals surface area contributed by atoms with E-state index in [1.54, 1.807) is 0 Å². The van der Waals surface area contributed by atoms with Gasteiger partial charge in [0, 0.05) is 6.61 Å². The molecule has 2 nitrogen and oxygen atoms in total. The van der Waals surface area contributed by atoms with Gasteiger partial charge in [-0.15, -0.1) is 0 Å².